The van der Waals surface area contributed by atoms with Gasteiger partial charge in [0.2, 0.25) is 23.6 Å². The van der Waals surface area contributed by atoms with Crippen LogP contribution in [-0.2, 0) is 36.8 Å². The minimum absolute atomic E-state index is 0.0254. The number of carbonyl (C=O) groups excluding carboxylic acids is 4. The highest BCUT2D eigenvalue weighted by Crippen LogP contribution is 2.11. The van der Waals surface area contributed by atoms with Crippen LogP contribution in [-0.4, -0.2) is 77.4 Å². The van der Waals surface area contributed by atoms with E-state index in [1.165, 1.54) is 0 Å². The summed E-state index contributed by atoms with van der Waals surface area (Å²) in [6.45, 7) is 7.50. The van der Waals surface area contributed by atoms with Crippen LogP contribution in [0.25, 0.3) is 0 Å². The van der Waals surface area contributed by atoms with E-state index in [-0.39, 0.29) is 56.4 Å². The molecule has 0 aliphatic carbocycles. The lowest BCUT2D eigenvalue weighted by molar-refractivity contribution is -0.142. The predicted octanol–water partition coefficient (Wildman–Crippen LogP) is 0.579. The maximum Gasteiger partial charge on any atom is 0.326 e. The van der Waals surface area contributed by atoms with Crippen molar-refractivity contribution in [3.8, 4) is 0 Å². The van der Waals surface area contributed by atoms with Crippen LogP contribution in [0.4, 0.5) is 0 Å². The number of rotatable bonds is 20. The van der Waals surface area contributed by atoms with Gasteiger partial charge in [-0.3, -0.25) is 24.2 Å². The van der Waals surface area contributed by atoms with Gasteiger partial charge >= 0.3 is 5.97 Å². The van der Waals surface area contributed by atoms with Crippen molar-refractivity contribution in [2.45, 2.75) is 90.0 Å². The second-order valence-corrected chi connectivity index (χ2v) is 12.8. The normalized spacial score (nSPS) is 14.1. The van der Waals surface area contributed by atoms with Crippen molar-refractivity contribution in [1.82, 2.24) is 21.3 Å². The van der Waals surface area contributed by atoms with Gasteiger partial charge in [-0.05, 0) is 42.2 Å². The van der Waals surface area contributed by atoms with Crippen LogP contribution in [0, 0.1) is 11.8 Å². The number of nitrogens with zero attached hydrogens (tertiary/aromatic N) is 1. The number of hydrogen-bond acceptors (Lipinski definition) is 7. The van der Waals surface area contributed by atoms with E-state index in [2.05, 4.69) is 26.3 Å². The molecule has 0 saturated heterocycles. The van der Waals surface area contributed by atoms with Crippen molar-refractivity contribution in [2.75, 3.05) is 6.54 Å². The summed E-state index contributed by atoms with van der Waals surface area (Å²) in [7, 11) is 0. The summed E-state index contributed by atoms with van der Waals surface area (Å²) in [6, 6.07) is 12.5. The monoisotopic (exact) mass is 680 g/mol. The molecular formula is C35H52N8O6. The Morgan fingerprint density at radius 3 is 1.61 bits per heavy atom. The molecule has 2 aromatic rings. The minimum Gasteiger partial charge on any atom is -0.480 e. The molecule has 0 bridgehead atoms. The molecule has 0 heterocycles. The Balaban J connectivity index is 2.30. The Kier molecular flexibility index (Phi) is 16.7. The average molecular weight is 681 g/mol. The summed E-state index contributed by atoms with van der Waals surface area (Å²) in [6.07, 6.45) is 0.747. The van der Waals surface area contributed by atoms with Gasteiger partial charge in [-0.15, -0.1) is 0 Å². The Hall–Kier alpha value is -4.98. The van der Waals surface area contributed by atoms with E-state index in [1.807, 2.05) is 44.2 Å². The summed E-state index contributed by atoms with van der Waals surface area (Å²) >= 11 is 0. The lowest BCUT2D eigenvalue weighted by Crippen LogP contribution is -2.59. The molecule has 268 valence electrons. The van der Waals surface area contributed by atoms with Crippen LogP contribution in [0.3, 0.4) is 0 Å². The molecule has 2 rings (SSSR count). The fraction of sp³-hybridized carbons (Fsp3) is 0.486. The molecule has 0 aliphatic heterocycles. The molecule has 0 unspecified atom stereocenters. The van der Waals surface area contributed by atoms with Crippen molar-refractivity contribution in [1.29, 1.82) is 0 Å². The Morgan fingerprint density at radius 2 is 1.12 bits per heavy atom. The minimum atomic E-state index is -1.27. The zero-order valence-corrected chi connectivity index (χ0v) is 28.7. The third-order valence-electron chi connectivity index (χ3n) is 7.75. The van der Waals surface area contributed by atoms with Crippen LogP contribution < -0.4 is 38.5 Å². The third kappa shape index (κ3) is 14.8. The molecule has 49 heavy (non-hydrogen) atoms. The van der Waals surface area contributed by atoms with Crippen LogP contribution in [0.1, 0.15) is 58.1 Å². The highest BCUT2D eigenvalue weighted by atomic mass is 16.4. The molecule has 4 amide bonds. The number of guanidine groups is 1. The first-order valence-corrected chi connectivity index (χ1v) is 16.5. The standard InChI is InChI=1S/C35H52N8O6/c1-21(2)18-26(41-32(46)27(19-23-12-7-5-8-13-23)42-33(47)29(36)22(3)4)31(45)40-25(16-11-17-39-35(37)38)30(44)43-28(34(48)49)20-24-14-9-6-10-15-24/h5-10,12-15,21-22,25-29H,11,16-20,36H2,1-4H3,(H,40,45)(H,41,46)(H,42,47)(H,43,44)(H,48,49)(H4,37,38,39)/t25-,26-,27-,28-,29-/m0/s1. The Morgan fingerprint density at radius 1 is 0.673 bits per heavy atom. The van der Waals surface area contributed by atoms with Crippen LogP contribution >= 0.6 is 0 Å². The Labute approximate surface area is 288 Å². The van der Waals surface area contributed by atoms with Crippen molar-refractivity contribution in [3.05, 3.63) is 71.8 Å². The number of carboxylic acid groups (broad SMARTS) is 1. The average Bonchev–Trinajstić information content (AvgIpc) is 3.05. The number of carbonyl (C=O) groups is 5. The SMILES string of the molecule is CC(C)C[C@H](NC(=O)[C@H](Cc1ccccc1)NC(=O)[C@@H](N)C(C)C)C(=O)N[C@@H](CCCN=C(N)N)C(=O)N[C@@H](Cc1ccccc1)C(=O)O. The Bertz CT molecular complexity index is 1400. The van der Waals surface area contributed by atoms with Gasteiger partial charge < -0.3 is 43.6 Å². The maximum absolute atomic E-state index is 13.8. The van der Waals surface area contributed by atoms with E-state index in [0.29, 0.717) is 5.56 Å². The number of aliphatic carboxylic acids is 1. The van der Waals surface area contributed by atoms with Crippen molar-refractivity contribution in [3.63, 3.8) is 0 Å². The van der Waals surface area contributed by atoms with E-state index in [0.717, 1.165) is 5.56 Å². The van der Waals surface area contributed by atoms with Crippen molar-refractivity contribution >= 4 is 35.6 Å². The molecule has 0 aliphatic rings. The highest BCUT2D eigenvalue weighted by molar-refractivity contribution is 5.95. The van der Waals surface area contributed by atoms with Gasteiger partial charge in [-0.2, -0.15) is 0 Å². The lowest BCUT2D eigenvalue weighted by Gasteiger charge is -2.27. The van der Waals surface area contributed by atoms with Gasteiger partial charge in [0.25, 0.3) is 0 Å². The van der Waals surface area contributed by atoms with Gasteiger partial charge in [0.05, 0.1) is 6.04 Å². The molecule has 0 saturated carbocycles. The van der Waals surface area contributed by atoms with Crippen LogP contribution in [0.5, 0.6) is 0 Å². The van der Waals surface area contributed by atoms with Gasteiger partial charge in [-0.1, -0.05) is 88.4 Å². The van der Waals surface area contributed by atoms with Gasteiger partial charge in [0, 0.05) is 19.4 Å². The maximum atomic E-state index is 13.8. The summed E-state index contributed by atoms with van der Waals surface area (Å²) in [5.41, 5.74) is 18.4. The van der Waals surface area contributed by atoms with Crippen LogP contribution in [0.15, 0.2) is 65.7 Å². The molecule has 2 aromatic carbocycles. The van der Waals surface area contributed by atoms with E-state index in [1.54, 1.807) is 44.2 Å². The number of benzene rings is 2. The molecular weight excluding hydrogens is 628 g/mol. The largest absolute Gasteiger partial charge is 0.480 e. The molecule has 0 radical (unpaired) electrons. The molecule has 0 fully saturated rings. The first kappa shape index (κ1) is 40.2. The number of hydrogen-bond donors (Lipinski definition) is 8. The predicted molar refractivity (Wildman–Crippen MR) is 188 cm³/mol. The van der Waals surface area contributed by atoms with Gasteiger partial charge in [0.1, 0.15) is 24.2 Å². The second kappa shape index (κ2) is 20.4. The van der Waals surface area contributed by atoms with Crippen LogP contribution in [0.2, 0.25) is 0 Å². The number of carboxylic acids is 1. The van der Waals surface area contributed by atoms with Crippen molar-refractivity contribution in [2.24, 2.45) is 34.0 Å². The highest BCUT2D eigenvalue weighted by Gasteiger charge is 2.32. The molecule has 0 spiro atoms. The van der Waals surface area contributed by atoms with E-state index < -0.39 is 59.8 Å². The van der Waals surface area contributed by atoms with E-state index in [4.69, 9.17) is 17.2 Å². The summed E-state index contributed by atoms with van der Waals surface area (Å²) in [5, 5.41) is 20.6. The first-order chi connectivity index (χ1) is 23.2. The van der Waals surface area contributed by atoms with E-state index in [9.17, 15) is 29.1 Å². The first-order valence-electron chi connectivity index (χ1n) is 16.5. The second-order valence-electron chi connectivity index (χ2n) is 12.8. The molecule has 14 nitrogen and oxygen atoms in total. The quantitative estimate of drug-likeness (QED) is 0.0553. The summed E-state index contributed by atoms with van der Waals surface area (Å²) in [5.74, 6) is -4.07. The molecule has 0 aromatic heterocycles. The van der Waals surface area contributed by atoms with Crippen molar-refractivity contribution < 1.29 is 29.1 Å². The topological polar surface area (TPSA) is 244 Å². The zero-order valence-electron chi connectivity index (χ0n) is 28.7. The summed E-state index contributed by atoms with van der Waals surface area (Å²) in [4.78, 5) is 70.0. The lowest BCUT2D eigenvalue weighted by atomic mass is 9.99. The number of nitrogens with one attached hydrogen (secondary N) is 4. The molecule has 5 atom stereocenters. The fourth-order valence-corrected chi connectivity index (χ4v) is 4.97. The molecule has 14 heteroatoms. The number of aliphatic imine (C=N–C) groups is 1. The van der Waals surface area contributed by atoms with Gasteiger partial charge in [-0.25, -0.2) is 4.79 Å². The van der Waals surface area contributed by atoms with E-state index >= 15 is 0 Å². The molecule has 11 N–H and O–H groups in total. The number of amides is 4. The fourth-order valence-electron chi connectivity index (χ4n) is 4.97. The smallest absolute Gasteiger partial charge is 0.326 e. The zero-order chi connectivity index (χ0) is 36.5. The number of nitrogens with two attached hydrogens (primary N) is 3. The van der Waals surface area contributed by atoms with Gasteiger partial charge in [0.15, 0.2) is 5.96 Å². The summed E-state index contributed by atoms with van der Waals surface area (Å²) < 4.78 is 0. The third-order valence-corrected chi connectivity index (χ3v) is 7.75.